The van der Waals surface area contributed by atoms with Crippen molar-refractivity contribution in [2.75, 3.05) is 12.4 Å². The third-order valence-electron chi connectivity index (χ3n) is 2.39. The molecule has 0 saturated carbocycles. The first-order valence-corrected chi connectivity index (χ1v) is 6.07. The zero-order valence-corrected chi connectivity index (χ0v) is 10.5. The third-order valence-corrected chi connectivity index (χ3v) is 2.91. The van der Waals surface area contributed by atoms with Crippen molar-refractivity contribution in [3.8, 4) is 0 Å². The lowest BCUT2D eigenvalue weighted by atomic mass is 10.1. The number of halogens is 1. The maximum Gasteiger partial charge on any atom is 0.286 e. The maximum atomic E-state index is 11.5. The summed E-state index contributed by atoms with van der Waals surface area (Å²) in [5, 5.41) is 2.82. The van der Waals surface area contributed by atoms with Gasteiger partial charge in [0, 0.05) is 12.4 Å². The molecule has 1 amide bonds. The van der Waals surface area contributed by atoms with E-state index in [1.807, 2.05) is 6.92 Å². The van der Waals surface area contributed by atoms with Crippen molar-refractivity contribution in [3.63, 3.8) is 0 Å². The second-order valence-electron chi connectivity index (χ2n) is 4.07. The van der Waals surface area contributed by atoms with Crippen LogP contribution in [0.4, 0.5) is 0 Å². The minimum absolute atomic E-state index is 0.147. The lowest BCUT2D eigenvalue weighted by Gasteiger charge is -2.07. The van der Waals surface area contributed by atoms with Crippen LogP contribution >= 0.6 is 11.6 Å². The molecule has 0 spiro atoms. The SMILES string of the molecule is Cc1ccc(C(=O)NCCCC(C)CCl)o1. The van der Waals surface area contributed by atoms with Crippen LogP contribution in [0.5, 0.6) is 0 Å². The van der Waals surface area contributed by atoms with Crippen LogP contribution in [0.1, 0.15) is 36.1 Å². The molecule has 1 aromatic heterocycles. The van der Waals surface area contributed by atoms with E-state index >= 15 is 0 Å². The van der Waals surface area contributed by atoms with Crippen LogP contribution in [0, 0.1) is 12.8 Å². The molecule has 16 heavy (non-hydrogen) atoms. The molecule has 4 heteroatoms. The van der Waals surface area contributed by atoms with Crippen molar-refractivity contribution in [2.24, 2.45) is 5.92 Å². The number of alkyl halides is 1. The van der Waals surface area contributed by atoms with Gasteiger partial charge in [0.15, 0.2) is 5.76 Å². The smallest absolute Gasteiger partial charge is 0.286 e. The predicted octanol–water partition coefficient (Wildman–Crippen LogP) is 2.97. The standard InChI is InChI=1S/C12H18ClNO2/c1-9(8-13)4-3-7-14-12(15)11-6-5-10(2)16-11/h5-6,9H,3-4,7-8H2,1-2H3,(H,14,15). The quantitative estimate of drug-likeness (QED) is 0.617. The van der Waals surface area contributed by atoms with Gasteiger partial charge in [-0.15, -0.1) is 11.6 Å². The van der Waals surface area contributed by atoms with Gasteiger partial charge >= 0.3 is 0 Å². The van der Waals surface area contributed by atoms with E-state index in [-0.39, 0.29) is 5.91 Å². The van der Waals surface area contributed by atoms with Gasteiger partial charge in [-0.05, 0) is 37.8 Å². The van der Waals surface area contributed by atoms with E-state index in [1.165, 1.54) is 0 Å². The molecule has 1 aromatic rings. The molecule has 0 fully saturated rings. The normalized spacial score (nSPS) is 12.4. The first kappa shape index (κ1) is 13.1. The molecule has 1 N–H and O–H groups in total. The second kappa shape index (κ2) is 6.59. The molecule has 0 aliphatic rings. The monoisotopic (exact) mass is 243 g/mol. The van der Waals surface area contributed by atoms with Gasteiger partial charge in [0.05, 0.1) is 0 Å². The summed E-state index contributed by atoms with van der Waals surface area (Å²) in [5.41, 5.74) is 0. The average Bonchev–Trinajstić information content (AvgIpc) is 2.70. The van der Waals surface area contributed by atoms with Gasteiger partial charge in [-0.2, -0.15) is 0 Å². The van der Waals surface area contributed by atoms with Crippen LogP contribution in [-0.2, 0) is 0 Å². The van der Waals surface area contributed by atoms with Crippen molar-refractivity contribution in [3.05, 3.63) is 23.7 Å². The van der Waals surface area contributed by atoms with E-state index in [0.29, 0.717) is 24.1 Å². The highest BCUT2D eigenvalue weighted by atomic mass is 35.5. The van der Waals surface area contributed by atoms with Gasteiger partial charge in [-0.25, -0.2) is 0 Å². The maximum absolute atomic E-state index is 11.5. The van der Waals surface area contributed by atoms with E-state index in [0.717, 1.165) is 18.6 Å². The molecular formula is C12H18ClNO2. The molecule has 0 bridgehead atoms. The fourth-order valence-electron chi connectivity index (χ4n) is 1.37. The first-order chi connectivity index (χ1) is 7.63. The Labute approximate surface area is 101 Å². The molecule has 3 nitrogen and oxygen atoms in total. The van der Waals surface area contributed by atoms with Gasteiger partial charge in [0.25, 0.3) is 5.91 Å². The summed E-state index contributed by atoms with van der Waals surface area (Å²) >= 11 is 5.69. The van der Waals surface area contributed by atoms with E-state index < -0.39 is 0 Å². The molecule has 1 unspecified atom stereocenters. The molecule has 0 saturated heterocycles. The lowest BCUT2D eigenvalue weighted by Crippen LogP contribution is -2.24. The highest BCUT2D eigenvalue weighted by Gasteiger charge is 2.08. The number of carbonyl (C=O) groups excluding carboxylic acids is 1. The van der Waals surface area contributed by atoms with Gasteiger partial charge < -0.3 is 9.73 Å². The Morgan fingerprint density at radius 1 is 1.56 bits per heavy atom. The Kier molecular flexibility index (Phi) is 5.39. The Hall–Kier alpha value is -0.960. The highest BCUT2D eigenvalue weighted by Crippen LogP contribution is 2.07. The summed E-state index contributed by atoms with van der Waals surface area (Å²) in [4.78, 5) is 11.5. The Balaban J connectivity index is 2.21. The first-order valence-electron chi connectivity index (χ1n) is 5.54. The molecular weight excluding hydrogens is 226 g/mol. The zero-order valence-electron chi connectivity index (χ0n) is 9.75. The largest absolute Gasteiger partial charge is 0.456 e. The molecule has 0 radical (unpaired) electrons. The molecule has 0 aliphatic carbocycles. The topological polar surface area (TPSA) is 42.2 Å². The van der Waals surface area contributed by atoms with Gasteiger partial charge in [0.2, 0.25) is 0 Å². The minimum atomic E-state index is -0.147. The average molecular weight is 244 g/mol. The summed E-state index contributed by atoms with van der Waals surface area (Å²) in [6.45, 7) is 4.59. The lowest BCUT2D eigenvalue weighted by molar-refractivity contribution is 0.0923. The van der Waals surface area contributed by atoms with Crippen LogP contribution in [0.3, 0.4) is 0 Å². The Bertz CT molecular complexity index is 336. The number of furan rings is 1. The predicted molar refractivity (Wildman–Crippen MR) is 64.9 cm³/mol. The van der Waals surface area contributed by atoms with Gasteiger partial charge in [0.1, 0.15) is 5.76 Å². The molecule has 1 heterocycles. The van der Waals surface area contributed by atoms with Crippen LogP contribution in [-0.4, -0.2) is 18.3 Å². The Morgan fingerprint density at radius 3 is 2.88 bits per heavy atom. The number of hydrogen-bond acceptors (Lipinski definition) is 2. The summed E-state index contributed by atoms with van der Waals surface area (Å²) in [6, 6.07) is 3.47. The molecule has 0 aliphatic heterocycles. The summed E-state index contributed by atoms with van der Waals surface area (Å²) in [7, 11) is 0. The van der Waals surface area contributed by atoms with E-state index in [9.17, 15) is 4.79 Å². The number of amides is 1. The Morgan fingerprint density at radius 2 is 2.31 bits per heavy atom. The van der Waals surface area contributed by atoms with Crippen molar-refractivity contribution >= 4 is 17.5 Å². The van der Waals surface area contributed by atoms with Crippen molar-refractivity contribution in [1.82, 2.24) is 5.32 Å². The minimum Gasteiger partial charge on any atom is -0.456 e. The van der Waals surface area contributed by atoms with Crippen molar-refractivity contribution < 1.29 is 9.21 Å². The number of carbonyl (C=O) groups is 1. The van der Waals surface area contributed by atoms with Crippen LogP contribution in [0.25, 0.3) is 0 Å². The third kappa shape index (κ3) is 4.27. The van der Waals surface area contributed by atoms with E-state index in [2.05, 4.69) is 12.2 Å². The number of aryl methyl sites for hydroxylation is 1. The fourth-order valence-corrected chi connectivity index (χ4v) is 1.53. The number of hydrogen-bond donors (Lipinski definition) is 1. The van der Waals surface area contributed by atoms with Crippen LogP contribution in [0.15, 0.2) is 16.5 Å². The van der Waals surface area contributed by atoms with E-state index in [4.69, 9.17) is 16.0 Å². The second-order valence-corrected chi connectivity index (χ2v) is 4.38. The molecule has 90 valence electrons. The van der Waals surface area contributed by atoms with Crippen LogP contribution < -0.4 is 5.32 Å². The van der Waals surface area contributed by atoms with Crippen molar-refractivity contribution in [1.29, 1.82) is 0 Å². The van der Waals surface area contributed by atoms with Crippen molar-refractivity contribution in [2.45, 2.75) is 26.7 Å². The summed E-state index contributed by atoms with van der Waals surface area (Å²) < 4.78 is 5.21. The number of nitrogens with one attached hydrogen (secondary N) is 1. The van der Waals surface area contributed by atoms with E-state index in [1.54, 1.807) is 12.1 Å². The number of rotatable bonds is 6. The summed E-state index contributed by atoms with van der Waals surface area (Å²) in [5.74, 6) is 2.16. The van der Waals surface area contributed by atoms with Gasteiger partial charge in [-0.1, -0.05) is 6.92 Å². The molecule has 1 atom stereocenters. The van der Waals surface area contributed by atoms with Crippen LogP contribution in [0.2, 0.25) is 0 Å². The summed E-state index contributed by atoms with van der Waals surface area (Å²) in [6.07, 6.45) is 1.97. The molecule has 1 rings (SSSR count). The zero-order chi connectivity index (χ0) is 12.0. The van der Waals surface area contributed by atoms with Gasteiger partial charge in [-0.3, -0.25) is 4.79 Å². The molecule has 0 aromatic carbocycles. The fraction of sp³-hybridized carbons (Fsp3) is 0.583. The highest BCUT2D eigenvalue weighted by molar-refractivity contribution is 6.18.